The van der Waals surface area contributed by atoms with Gasteiger partial charge in [0.15, 0.2) is 9.84 Å². The molecule has 2 aromatic carbocycles. The summed E-state index contributed by atoms with van der Waals surface area (Å²) in [6, 6.07) is 17.6. The highest BCUT2D eigenvalue weighted by Gasteiger charge is 2.23. The van der Waals surface area contributed by atoms with Crippen LogP contribution in [0.3, 0.4) is 0 Å². The van der Waals surface area contributed by atoms with Gasteiger partial charge in [0.05, 0.1) is 16.7 Å². The molecule has 1 aliphatic heterocycles. The van der Waals surface area contributed by atoms with Crippen molar-refractivity contribution in [1.82, 2.24) is 0 Å². The fourth-order valence-corrected chi connectivity index (χ4v) is 5.23. The summed E-state index contributed by atoms with van der Waals surface area (Å²) in [5.74, 6) is 0.662. The standard InChI is InChI=1S/C25H32N2O5S/c28-25(29)27(22-14-8-5-9-15-22)19-24-26-21(20-32-24)13-7-3-1-2-4-12-18-33(30,31)23-16-10-6-11-17-23/h5-6,8-11,14-17,21H,1-4,7,12-13,18-20H2,(H,28,29). The van der Waals surface area contributed by atoms with Crippen molar-refractivity contribution in [3.63, 3.8) is 0 Å². The van der Waals surface area contributed by atoms with Crippen LogP contribution in [0.5, 0.6) is 0 Å². The van der Waals surface area contributed by atoms with E-state index in [0.29, 0.717) is 29.5 Å². The molecule has 7 nitrogen and oxygen atoms in total. The number of aliphatic imine (C=N–C) groups is 1. The molecule has 1 aliphatic rings. The molecule has 1 unspecified atom stereocenters. The second-order valence-corrected chi connectivity index (χ2v) is 10.3. The third-order valence-electron chi connectivity index (χ3n) is 5.66. The Labute approximate surface area is 196 Å². The van der Waals surface area contributed by atoms with Crippen molar-refractivity contribution < 1.29 is 23.1 Å². The SMILES string of the molecule is O=C(O)N(CC1=NC(CCCCCCCCS(=O)(=O)c2ccccc2)CO1)c1ccccc1. The Morgan fingerprint density at radius 2 is 1.55 bits per heavy atom. The van der Waals surface area contributed by atoms with Crippen LogP contribution in [0.4, 0.5) is 10.5 Å². The number of hydrogen-bond acceptors (Lipinski definition) is 5. The van der Waals surface area contributed by atoms with E-state index in [-0.39, 0.29) is 18.3 Å². The maximum atomic E-state index is 12.3. The third-order valence-corrected chi connectivity index (χ3v) is 7.48. The highest BCUT2D eigenvalue weighted by Crippen LogP contribution is 2.18. The smallest absolute Gasteiger partial charge is 0.412 e. The first-order chi connectivity index (χ1) is 16.0. The van der Waals surface area contributed by atoms with E-state index in [1.165, 1.54) is 4.90 Å². The molecule has 178 valence electrons. The molecule has 0 bridgehead atoms. The maximum absolute atomic E-state index is 12.3. The number of anilines is 1. The number of rotatable bonds is 13. The van der Waals surface area contributed by atoms with Gasteiger partial charge < -0.3 is 9.84 Å². The molecule has 0 saturated carbocycles. The third kappa shape index (κ3) is 7.89. The zero-order valence-electron chi connectivity index (χ0n) is 18.8. The molecule has 1 N–H and O–H groups in total. The first-order valence-corrected chi connectivity index (χ1v) is 13.1. The summed E-state index contributed by atoms with van der Waals surface area (Å²) in [4.78, 5) is 17.8. The summed E-state index contributed by atoms with van der Waals surface area (Å²) in [6.07, 6.45) is 5.64. The van der Waals surface area contributed by atoms with Crippen molar-refractivity contribution in [1.29, 1.82) is 0 Å². The number of unbranched alkanes of at least 4 members (excludes halogenated alkanes) is 5. The van der Waals surface area contributed by atoms with E-state index in [1.54, 1.807) is 48.5 Å². The number of amides is 1. The highest BCUT2D eigenvalue weighted by molar-refractivity contribution is 7.91. The first kappa shape index (κ1) is 24.8. The van der Waals surface area contributed by atoms with Gasteiger partial charge in [0.25, 0.3) is 0 Å². The second kappa shape index (κ2) is 12.4. The van der Waals surface area contributed by atoms with Crippen LogP contribution >= 0.6 is 0 Å². The lowest BCUT2D eigenvalue weighted by Gasteiger charge is -2.18. The van der Waals surface area contributed by atoms with Gasteiger partial charge in [-0.25, -0.2) is 18.2 Å². The van der Waals surface area contributed by atoms with Crippen molar-refractivity contribution in [3.8, 4) is 0 Å². The normalized spacial score (nSPS) is 15.6. The molecule has 8 heteroatoms. The van der Waals surface area contributed by atoms with Gasteiger partial charge in [0, 0.05) is 5.69 Å². The van der Waals surface area contributed by atoms with E-state index in [9.17, 15) is 18.3 Å². The highest BCUT2D eigenvalue weighted by atomic mass is 32.2. The van der Waals surface area contributed by atoms with Gasteiger partial charge in [0.2, 0.25) is 5.90 Å². The van der Waals surface area contributed by atoms with Crippen molar-refractivity contribution in [2.24, 2.45) is 4.99 Å². The van der Waals surface area contributed by atoms with E-state index in [2.05, 4.69) is 4.99 Å². The largest absolute Gasteiger partial charge is 0.477 e. The summed E-state index contributed by atoms with van der Waals surface area (Å²) < 4.78 is 30.2. The molecule has 33 heavy (non-hydrogen) atoms. The topological polar surface area (TPSA) is 96.3 Å². The van der Waals surface area contributed by atoms with Gasteiger partial charge in [-0.1, -0.05) is 68.5 Å². The van der Waals surface area contributed by atoms with Gasteiger partial charge >= 0.3 is 6.09 Å². The number of benzene rings is 2. The number of ether oxygens (including phenoxy) is 1. The fourth-order valence-electron chi connectivity index (χ4n) is 3.84. The predicted molar refractivity (Wildman–Crippen MR) is 130 cm³/mol. The van der Waals surface area contributed by atoms with E-state index in [0.717, 1.165) is 38.5 Å². The minimum atomic E-state index is -3.17. The zero-order valence-corrected chi connectivity index (χ0v) is 19.6. The zero-order chi connectivity index (χ0) is 23.5. The minimum absolute atomic E-state index is 0.0717. The van der Waals surface area contributed by atoms with Crippen LogP contribution in [0.25, 0.3) is 0 Å². The van der Waals surface area contributed by atoms with Crippen LogP contribution in [0.1, 0.15) is 44.9 Å². The predicted octanol–water partition coefficient (Wildman–Crippen LogP) is 5.17. The number of carboxylic acid groups (broad SMARTS) is 1. The molecule has 1 atom stereocenters. The summed E-state index contributed by atoms with van der Waals surface area (Å²) >= 11 is 0. The summed E-state index contributed by atoms with van der Waals surface area (Å²) in [5.41, 5.74) is 0.594. The fraction of sp³-hybridized carbons (Fsp3) is 0.440. The Morgan fingerprint density at radius 1 is 0.939 bits per heavy atom. The number of hydrogen-bond donors (Lipinski definition) is 1. The summed E-state index contributed by atoms with van der Waals surface area (Å²) in [6.45, 7) is 0.608. The van der Waals surface area contributed by atoms with E-state index >= 15 is 0 Å². The number of sulfone groups is 1. The van der Waals surface area contributed by atoms with Crippen LogP contribution in [0.15, 0.2) is 70.6 Å². The van der Waals surface area contributed by atoms with Crippen LogP contribution in [-0.2, 0) is 14.6 Å². The number of para-hydroxylation sites is 1. The lowest BCUT2D eigenvalue weighted by Crippen LogP contribution is -2.34. The van der Waals surface area contributed by atoms with Crippen LogP contribution < -0.4 is 4.90 Å². The molecule has 1 amide bonds. The molecule has 0 aromatic heterocycles. The quantitative estimate of drug-likeness (QED) is 0.406. The van der Waals surface area contributed by atoms with Gasteiger partial charge in [-0.05, 0) is 37.1 Å². The monoisotopic (exact) mass is 472 g/mol. The molecule has 0 radical (unpaired) electrons. The van der Waals surface area contributed by atoms with Crippen LogP contribution in [0.2, 0.25) is 0 Å². The van der Waals surface area contributed by atoms with Crippen molar-refractivity contribution in [3.05, 3.63) is 60.7 Å². The Hall–Kier alpha value is -2.87. The van der Waals surface area contributed by atoms with E-state index in [1.807, 2.05) is 12.1 Å². The Kier molecular flexibility index (Phi) is 9.30. The van der Waals surface area contributed by atoms with E-state index in [4.69, 9.17) is 4.74 Å². The summed E-state index contributed by atoms with van der Waals surface area (Å²) in [5, 5.41) is 9.50. The average molecular weight is 473 g/mol. The van der Waals surface area contributed by atoms with Crippen molar-refractivity contribution in [2.45, 2.75) is 55.9 Å². The average Bonchev–Trinajstić information content (AvgIpc) is 3.27. The first-order valence-electron chi connectivity index (χ1n) is 11.5. The molecule has 2 aromatic rings. The molecule has 1 heterocycles. The van der Waals surface area contributed by atoms with Crippen LogP contribution in [-0.4, -0.2) is 50.5 Å². The lowest BCUT2D eigenvalue weighted by atomic mass is 10.1. The van der Waals surface area contributed by atoms with Gasteiger partial charge in [-0.2, -0.15) is 0 Å². The molecule has 0 aliphatic carbocycles. The number of nitrogens with zero attached hydrogens (tertiary/aromatic N) is 2. The Balaban J connectivity index is 1.30. The molecule has 0 spiro atoms. The molecule has 3 rings (SSSR count). The van der Waals surface area contributed by atoms with Crippen LogP contribution in [0, 0.1) is 0 Å². The van der Waals surface area contributed by atoms with Gasteiger partial charge in [0.1, 0.15) is 13.2 Å². The Morgan fingerprint density at radius 3 is 2.21 bits per heavy atom. The van der Waals surface area contributed by atoms with Crippen molar-refractivity contribution in [2.75, 3.05) is 23.8 Å². The van der Waals surface area contributed by atoms with E-state index < -0.39 is 15.9 Å². The maximum Gasteiger partial charge on any atom is 0.412 e. The second-order valence-electron chi connectivity index (χ2n) is 8.23. The summed E-state index contributed by atoms with van der Waals surface area (Å²) in [7, 11) is -3.17. The van der Waals surface area contributed by atoms with Gasteiger partial charge in [-0.15, -0.1) is 0 Å². The molecular weight excluding hydrogens is 440 g/mol. The Bertz CT molecular complexity index is 1010. The van der Waals surface area contributed by atoms with Crippen molar-refractivity contribution >= 4 is 27.5 Å². The lowest BCUT2D eigenvalue weighted by molar-refractivity contribution is 0.202. The molecular formula is C25H32N2O5S. The molecule has 0 saturated heterocycles. The number of carbonyl (C=O) groups is 1. The minimum Gasteiger partial charge on any atom is -0.477 e. The molecule has 0 fully saturated rings. The van der Waals surface area contributed by atoms with Gasteiger partial charge in [-0.3, -0.25) is 4.90 Å².